The van der Waals surface area contributed by atoms with Crippen molar-refractivity contribution in [3.63, 3.8) is 0 Å². The second-order valence-electron chi connectivity index (χ2n) is 8.21. The van der Waals surface area contributed by atoms with E-state index in [9.17, 15) is 4.79 Å². The van der Waals surface area contributed by atoms with Crippen LogP contribution >= 0.6 is 11.8 Å². The van der Waals surface area contributed by atoms with Crippen LogP contribution in [0.3, 0.4) is 0 Å². The summed E-state index contributed by atoms with van der Waals surface area (Å²) < 4.78 is 2.14. The van der Waals surface area contributed by atoms with Gasteiger partial charge >= 0.3 is 0 Å². The third kappa shape index (κ3) is 4.44. The van der Waals surface area contributed by atoms with Crippen molar-refractivity contribution in [3.05, 3.63) is 96.3 Å². The largest absolute Gasteiger partial charge is 0.341 e. The van der Waals surface area contributed by atoms with Crippen molar-refractivity contribution in [2.45, 2.75) is 36.0 Å². The Hall–Kier alpha value is -3.05. The fraction of sp³-hybridized carbons (Fsp3) is 0.259. The summed E-state index contributed by atoms with van der Waals surface area (Å²) in [4.78, 5) is 21.5. The average molecular weight is 442 g/mol. The first-order chi connectivity index (χ1) is 15.8. The molecule has 1 aliphatic rings. The summed E-state index contributed by atoms with van der Waals surface area (Å²) >= 11 is 1.78. The second kappa shape index (κ2) is 9.61. The fourth-order valence-corrected chi connectivity index (χ4v) is 5.54. The fourth-order valence-electron chi connectivity index (χ4n) is 4.37. The molecule has 5 heteroatoms. The summed E-state index contributed by atoms with van der Waals surface area (Å²) in [5, 5.41) is -0.0137. The van der Waals surface area contributed by atoms with E-state index < -0.39 is 0 Å². The number of carbonyl (C=O) groups excluding carboxylic acids is 1. The Bertz CT molecular complexity index is 1180. The Balaban J connectivity index is 1.58. The summed E-state index contributed by atoms with van der Waals surface area (Å²) in [7, 11) is 0. The van der Waals surface area contributed by atoms with E-state index in [4.69, 9.17) is 4.98 Å². The number of hydrogen-bond donors (Lipinski definition) is 0. The van der Waals surface area contributed by atoms with Crippen LogP contribution in [-0.4, -0.2) is 33.4 Å². The number of amides is 1. The number of piperidine rings is 1. The normalized spacial score (nSPS) is 15.1. The van der Waals surface area contributed by atoms with E-state index in [1.54, 1.807) is 11.8 Å². The quantitative estimate of drug-likeness (QED) is 0.348. The number of nitrogens with zero attached hydrogens (tertiary/aromatic N) is 3. The molecule has 1 fully saturated rings. The van der Waals surface area contributed by atoms with Crippen molar-refractivity contribution in [2.75, 3.05) is 13.1 Å². The zero-order chi connectivity index (χ0) is 21.8. The summed E-state index contributed by atoms with van der Waals surface area (Å²) in [5.41, 5.74) is 3.13. The number of aromatic nitrogens is 2. The lowest BCUT2D eigenvalue weighted by molar-refractivity contribution is -0.132. The van der Waals surface area contributed by atoms with E-state index in [0.29, 0.717) is 6.54 Å². The number of hydrogen-bond acceptors (Lipinski definition) is 3. The molecule has 1 atom stereocenters. The number of fused-ring (bicyclic) bond motifs is 1. The van der Waals surface area contributed by atoms with Gasteiger partial charge in [0, 0.05) is 18.0 Å². The smallest absolute Gasteiger partial charge is 0.242 e. The predicted octanol–water partition coefficient (Wildman–Crippen LogP) is 5.93. The Morgan fingerprint density at radius 1 is 0.844 bits per heavy atom. The zero-order valence-electron chi connectivity index (χ0n) is 18.1. The van der Waals surface area contributed by atoms with E-state index in [-0.39, 0.29) is 11.2 Å². The summed E-state index contributed by atoms with van der Waals surface area (Å²) in [6.07, 6.45) is 3.41. The molecule has 162 valence electrons. The zero-order valence-corrected chi connectivity index (χ0v) is 18.9. The Morgan fingerprint density at radius 2 is 1.50 bits per heavy atom. The molecule has 2 heterocycles. The molecule has 0 N–H and O–H groups in total. The highest BCUT2D eigenvalue weighted by atomic mass is 32.2. The molecule has 0 saturated carbocycles. The van der Waals surface area contributed by atoms with Crippen LogP contribution in [0.5, 0.6) is 0 Å². The van der Waals surface area contributed by atoms with Crippen LogP contribution in [0.15, 0.2) is 89.8 Å². The van der Waals surface area contributed by atoms with Gasteiger partial charge in [-0.15, -0.1) is 11.8 Å². The third-order valence-corrected chi connectivity index (χ3v) is 7.28. The molecule has 1 unspecified atom stereocenters. The lowest BCUT2D eigenvalue weighted by atomic mass is 10.1. The maximum absolute atomic E-state index is 13.2. The first-order valence-electron chi connectivity index (χ1n) is 11.3. The van der Waals surface area contributed by atoms with Gasteiger partial charge in [0.1, 0.15) is 12.4 Å². The highest BCUT2D eigenvalue weighted by Crippen LogP contribution is 2.41. The summed E-state index contributed by atoms with van der Waals surface area (Å²) in [6.45, 7) is 2.05. The van der Waals surface area contributed by atoms with Crippen LogP contribution in [0.4, 0.5) is 0 Å². The van der Waals surface area contributed by atoms with E-state index in [1.165, 1.54) is 16.9 Å². The Morgan fingerprint density at radius 3 is 2.25 bits per heavy atom. The van der Waals surface area contributed by atoms with Crippen molar-refractivity contribution in [1.29, 1.82) is 0 Å². The van der Waals surface area contributed by atoms with Gasteiger partial charge in [0.25, 0.3) is 0 Å². The lowest BCUT2D eigenvalue weighted by Gasteiger charge is -2.27. The van der Waals surface area contributed by atoms with Gasteiger partial charge in [-0.1, -0.05) is 60.7 Å². The van der Waals surface area contributed by atoms with Crippen molar-refractivity contribution in [1.82, 2.24) is 14.5 Å². The molecular formula is C27H27N3OS. The van der Waals surface area contributed by atoms with Crippen LogP contribution in [-0.2, 0) is 11.3 Å². The lowest BCUT2D eigenvalue weighted by Crippen LogP contribution is -2.38. The molecule has 0 spiro atoms. The molecule has 4 aromatic rings. The standard InChI is InChI=1S/C27H27N3OS/c31-25(29-18-10-3-11-19-29)20-30-24-17-9-8-16-23(24)28-27(30)26(21-12-4-1-5-13-21)32-22-14-6-2-7-15-22/h1-2,4-9,12-17,26H,3,10-11,18-20H2. The number of carbonyl (C=O) groups is 1. The monoisotopic (exact) mass is 441 g/mol. The first kappa shape index (κ1) is 20.8. The number of rotatable bonds is 6. The highest BCUT2D eigenvalue weighted by Gasteiger charge is 2.26. The third-order valence-electron chi connectivity index (χ3n) is 6.02. The molecule has 3 aromatic carbocycles. The molecule has 5 rings (SSSR count). The van der Waals surface area contributed by atoms with Crippen LogP contribution in [0.25, 0.3) is 11.0 Å². The van der Waals surface area contributed by atoms with Crippen molar-refractivity contribution in [3.8, 4) is 0 Å². The van der Waals surface area contributed by atoms with Gasteiger partial charge in [0.15, 0.2) is 0 Å². The highest BCUT2D eigenvalue weighted by molar-refractivity contribution is 7.99. The number of thioether (sulfide) groups is 1. The van der Waals surface area contributed by atoms with Crippen molar-refractivity contribution in [2.24, 2.45) is 0 Å². The number of para-hydroxylation sites is 2. The van der Waals surface area contributed by atoms with E-state index in [0.717, 1.165) is 42.8 Å². The van der Waals surface area contributed by atoms with Gasteiger partial charge in [-0.05, 0) is 49.1 Å². The molecular weight excluding hydrogens is 414 g/mol. The molecule has 0 radical (unpaired) electrons. The molecule has 1 aliphatic heterocycles. The van der Waals surface area contributed by atoms with Gasteiger partial charge in [-0.2, -0.15) is 0 Å². The topological polar surface area (TPSA) is 38.1 Å². The van der Waals surface area contributed by atoms with Crippen LogP contribution in [0, 0.1) is 0 Å². The van der Waals surface area contributed by atoms with Crippen molar-refractivity contribution < 1.29 is 4.79 Å². The van der Waals surface area contributed by atoms with Gasteiger partial charge in [0.05, 0.1) is 16.3 Å². The second-order valence-corrected chi connectivity index (χ2v) is 9.39. The molecule has 0 bridgehead atoms. The SMILES string of the molecule is O=C(Cn1c(C(Sc2ccccc2)c2ccccc2)nc2ccccc21)N1CCCCC1. The minimum atomic E-state index is -0.0137. The molecule has 1 aromatic heterocycles. The van der Waals surface area contributed by atoms with Crippen LogP contribution < -0.4 is 0 Å². The number of imidazole rings is 1. The molecule has 4 nitrogen and oxygen atoms in total. The molecule has 32 heavy (non-hydrogen) atoms. The van der Waals surface area contributed by atoms with Crippen molar-refractivity contribution >= 4 is 28.7 Å². The number of likely N-dealkylation sites (tertiary alicyclic amines) is 1. The summed E-state index contributed by atoms with van der Waals surface area (Å²) in [6, 6.07) is 29.0. The maximum Gasteiger partial charge on any atom is 0.242 e. The first-order valence-corrected chi connectivity index (χ1v) is 12.2. The van der Waals surface area contributed by atoms with Crippen LogP contribution in [0.1, 0.15) is 35.9 Å². The molecule has 1 saturated heterocycles. The van der Waals surface area contributed by atoms with Gasteiger partial charge in [-0.25, -0.2) is 4.98 Å². The average Bonchev–Trinajstić information content (AvgIpc) is 3.22. The van der Waals surface area contributed by atoms with Crippen LogP contribution in [0.2, 0.25) is 0 Å². The van der Waals surface area contributed by atoms with E-state index >= 15 is 0 Å². The Labute approximate surface area is 193 Å². The predicted molar refractivity (Wildman–Crippen MR) is 131 cm³/mol. The Kier molecular flexibility index (Phi) is 6.26. The summed E-state index contributed by atoms with van der Waals surface area (Å²) in [5.74, 6) is 1.11. The van der Waals surface area contributed by atoms with E-state index in [2.05, 4.69) is 59.2 Å². The van der Waals surface area contributed by atoms with Gasteiger partial charge in [0.2, 0.25) is 5.91 Å². The molecule has 1 amide bonds. The number of benzene rings is 3. The van der Waals surface area contributed by atoms with Gasteiger partial charge in [-0.3, -0.25) is 4.79 Å². The minimum Gasteiger partial charge on any atom is -0.341 e. The minimum absolute atomic E-state index is 0.0137. The molecule has 0 aliphatic carbocycles. The van der Waals surface area contributed by atoms with E-state index in [1.807, 2.05) is 35.2 Å². The maximum atomic E-state index is 13.2. The van der Waals surface area contributed by atoms with Gasteiger partial charge < -0.3 is 9.47 Å².